The van der Waals surface area contributed by atoms with Crippen LogP contribution in [0.4, 0.5) is 0 Å². The summed E-state index contributed by atoms with van der Waals surface area (Å²) in [5, 5.41) is 0. The summed E-state index contributed by atoms with van der Waals surface area (Å²) in [5.41, 5.74) is 15.2. The number of nitrogens with zero attached hydrogens (tertiary/aromatic N) is 2. The average molecular weight is 250 g/mol. The third-order valence-corrected chi connectivity index (χ3v) is 3.33. The first kappa shape index (κ1) is 12.4. The van der Waals surface area contributed by atoms with E-state index >= 15 is 0 Å². The molecule has 0 atom stereocenters. The van der Waals surface area contributed by atoms with E-state index in [0.29, 0.717) is 0 Å². The van der Waals surface area contributed by atoms with Gasteiger partial charge in [0, 0.05) is 22.2 Å². The maximum Gasteiger partial charge on any atom is 0.110 e. The van der Waals surface area contributed by atoms with Crippen LogP contribution < -0.4 is 11.5 Å². The van der Waals surface area contributed by atoms with Gasteiger partial charge in [-0.1, -0.05) is 12.1 Å². The molecular weight excluding hydrogens is 232 g/mol. The van der Waals surface area contributed by atoms with Gasteiger partial charge in [0.2, 0.25) is 0 Å². The number of hydrogen-bond acceptors (Lipinski definition) is 5. The molecule has 1 heterocycles. The molecule has 0 aliphatic heterocycles. The number of hydrogen-bond donors (Lipinski definition) is 2. The van der Waals surface area contributed by atoms with Gasteiger partial charge >= 0.3 is 0 Å². The van der Waals surface area contributed by atoms with Crippen LogP contribution in [0.15, 0.2) is 12.1 Å². The van der Waals surface area contributed by atoms with E-state index in [1.165, 1.54) is 11.7 Å². The highest BCUT2D eigenvalue weighted by Gasteiger charge is 2.25. The van der Waals surface area contributed by atoms with Gasteiger partial charge in [0.1, 0.15) is 11.0 Å². The zero-order valence-corrected chi connectivity index (χ0v) is 11.4. The normalized spacial score (nSPS) is 13.3. The Bertz CT molecular complexity index is 498. The van der Waals surface area contributed by atoms with Crippen molar-refractivity contribution in [2.24, 2.45) is 11.5 Å². The summed E-state index contributed by atoms with van der Waals surface area (Å²) in [6, 6.07) is 4.02. The first-order valence-electron chi connectivity index (χ1n) is 5.55. The second-order valence-corrected chi connectivity index (χ2v) is 6.09. The van der Waals surface area contributed by atoms with Gasteiger partial charge in [-0.05, 0) is 27.7 Å². The molecule has 92 valence electrons. The maximum absolute atomic E-state index is 6.15. The van der Waals surface area contributed by atoms with E-state index in [-0.39, 0.29) is 0 Å². The summed E-state index contributed by atoms with van der Waals surface area (Å²) in [4.78, 5) is 0. The number of benzene rings is 1. The van der Waals surface area contributed by atoms with Crippen LogP contribution in [-0.2, 0) is 11.1 Å². The van der Waals surface area contributed by atoms with Crippen molar-refractivity contribution in [2.45, 2.75) is 38.8 Å². The Morgan fingerprint density at radius 2 is 1.24 bits per heavy atom. The first-order chi connectivity index (χ1) is 7.71. The van der Waals surface area contributed by atoms with Crippen LogP contribution >= 0.6 is 11.7 Å². The minimum atomic E-state index is -0.425. The molecular formula is C12H18N4S. The van der Waals surface area contributed by atoms with E-state index in [1.54, 1.807) is 0 Å². The summed E-state index contributed by atoms with van der Waals surface area (Å²) >= 11 is 1.20. The zero-order valence-electron chi connectivity index (χ0n) is 10.6. The predicted molar refractivity (Wildman–Crippen MR) is 71.8 cm³/mol. The fraction of sp³-hybridized carbons (Fsp3) is 0.500. The van der Waals surface area contributed by atoms with Crippen molar-refractivity contribution >= 4 is 22.8 Å². The summed E-state index contributed by atoms with van der Waals surface area (Å²) in [7, 11) is 0. The largest absolute Gasteiger partial charge is 0.322 e. The van der Waals surface area contributed by atoms with Crippen LogP contribution in [0.1, 0.15) is 38.8 Å². The fourth-order valence-corrected chi connectivity index (χ4v) is 2.48. The molecule has 0 amide bonds. The lowest BCUT2D eigenvalue weighted by Crippen LogP contribution is -2.31. The topological polar surface area (TPSA) is 77.8 Å². The molecule has 5 heteroatoms. The number of nitrogens with two attached hydrogens (primary N) is 2. The van der Waals surface area contributed by atoms with E-state index < -0.39 is 11.1 Å². The van der Waals surface area contributed by atoms with E-state index in [9.17, 15) is 0 Å². The lowest BCUT2D eigenvalue weighted by molar-refractivity contribution is 0.549. The van der Waals surface area contributed by atoms with Gasteiger partial charge in [0.25, 0.3) is 0 Å². The van der Waals surface area contributed by atoms with Gasteiger partial charge in [-0.3, -0.25) is 0 Å². The Hall–Kier alpha value is -1.04. The second kappa shape index (κ2) is 3.73. The van der Waals surface area contributed by atoms with Gasteiger partial charge in [-0.15, -0.1) is 0 Å². The molecule has 0 bridgehead atoms. The van der Waals surface area contributed by atoms with Crippen molar-refractivity contribution in [3.05, 3.63) is 23.3 Å². The van der Waals surface area contributed by atoms with E-state index in [0.717, 1.165) is 22.2 Å². The monoisotopic (exact) mass is 250 g/mol. The first-order valence-corrected chi connectivity index (χ1v) is 6.28. The van der Waals surface area contributed by atoms with Gasteiger partial charge in [0.15, 0.2) is 0 Å². The highest BCUT2D eigenvalue weighted by Crippen LogP contribution is 2.31. The molecule has 2 rings (SSSR count). The molecule has 0 aliphatic rings. The molecule has 1 aromatic carbocycles. The molecule has 0 radical (unpaired) electrons. The highest BCUT2D eigenvalue weighted by atomic mass is 32.1. The zero-order chi connectivity index (χ0) is 12.8. The predicted octanol–water partition coefficient (Wildman–Crippen LogP) is 2.08. The lowest BCUT2D eigenvalue weighted by atomic mass is 9.88. The molecule has 0 saturated carbocycles. The standard InChI is InChI=1S/C12H18N4S/c1-11(2,13)7-5-6-8(12(3,4)14)10-9(7)15-17-16-10/h5-6H,13-14H2,1-4H3. The summed E-state index contributed by atoms with van der Waals surface area (Å²) in [6.45, 7) is 7.87. The number of aromatic nitrogens is 2. The van der Waals surface area contributed by atoms with E-state index in [1.807, 2.05) is 39.8 Å². The number of fused-ring (bicyclic) bond motifs is 1. The smallest absolute Gasteiger partial charge is 0.110 e. The van der Waals surface area contributed by atoms with E-state index in [2.05, 4.69) is 8.75 Å². The molecule has 4 nitrogen and oxygen atoms in total. The molecule has 1 aromatic heterocycles. The summed E-state index contributed by atoms with van der Waals surface area (Å²) in [5.74, 6) is 0. The highest BCUT2D eigenvalue weighted by molar-refractivity contribution is 7.00. The van der Waals surface area contributed by atoms with Crippen molar-refractivity contribution in [3.8, 4) is 0 Å². The minimum absolute atomic E-state index is 0.425. The van der Waals surface area contributed by atoms with E-state index in [4.69, 9.17) is 11.5 Å². The van der Waals surface area contributed by atoms with Crippen LogP contribution in [0.3, 0.4) is 0 Å². The summed E-state index contributed by atoms with van der Waals surface area (Å²) in [6.07, 6.45) is 0. The second-order valence-electron chi connectivity index (χ2n) is 5.57. The van der Waals surface area contributed by atoms with Crippen molar-refractivity contribution in [1.82, 2.24) is 8.75 Å². The molecule has 0 saturated heterocycles. The molecule has 4 N–H and O–H groups in total. The van der Waals surface area contributed by atoms with Crippen LogP contribution in [-0.4, -0.2) is 8.75 Å². The van der Waals surface area contributed by atoms with Gasteiger partial charge in [-0.2, -0.15) is 8.75 Å². The Morgan fingerprint density at radius 1 is 0.882 bits per heavy atom. The quantitative estimate of drug-likeness (QED) is 0.855. The Balaban J connectivity index is 2.76. The van der Waals surface area contributed by atoms with Crippen molar-refractivity contribution in [3.63, 3.8) is 0 Å². The number of rotatable bonds is 2. The molecule has 0 spiro atoms. The SMILES string of the molecule is CC(C)(N)c1ccc(C(C)(C)N)c2nsnc12. The Morgan fingerprint density at radius 3 is 1.53 bits per heavy atom. The third kappa shape index (κ3) is 2.18. The molecule has 0 unspecified atom stereocenters. The molecule has 17 heavy (non-hydrogen) atoms. The van der Waals surface area contributed by atoms with Gasteiger partial charge in [0.05, 0.1) is 11.7 Å². The van der Waals surface area contributed by atoms with Crippen LogP contribution in [0.2, 0.25) is 0 Å². The lowest BCUT2D eigenvalue weighted by Gasteiger charge is -2.23. The summed E-state index contributed by atoms with van der Waals surface area (Å²) < 4.78 is 8.71. The molecule has 2 aromatic rings. The van der Waals surface area contributed by atoms with Crippen LogP contribution in [0.5, 0.6) is 0 Å². The van der Waals surface area contributed by atoms with Gasteiger partial charge in [-0.25, -0.2) is 0 Å². The molecule has 0 aliphatic carbocycles. The van der Waals surface area contributed by atoms with Gasteiger partial charge < -0.3 is 11.5 Å². The van der Waals surface area contributed by atoms with Crippen molar-refractivity contribution in [1.29, 1.82) is 0 Å². The van der Waals surface area contributed by atoms with Crippen molar-refractivity contribution < 1.29 is 0 Å². The molecule has 0 fully saturated rings. The van der Waals surface area contributed by atoms with Crippen LogP contribution in [0, 0.1) is 0 Å². The van der Waals surface area contributed by atoms with Crippen molar-refractivity contribution in [2.75, 3.05) is 0 Å². The third-order valence-electron chi connectivity index (χ3n) is 2.80. The Kier molecular flexibility index (Phi) is 2.72. The average Bonchev–Trinajstić information content (AvgIpc) is 2.60. The minimum Gasteiger partial charge on any atom is -0.322 e. The maximum atomic E-state index is 6.15. The fourth-order valence-electron chi connectivity index (χ4n) is 1.91. The Labute approximate surface area is 105 Å². The van der Waals surface area contributed by atoms with Crippen LogP contribution in [0.25, 0.3) is 11.0 Å².